The van der Waals surface area contributed by atoms with Crippen molar-refractivity contribution in [2.45, 2.75) is 45.4 Å². The Balaban J connectivity index is 2.19. The Kier molecular flexibility index (Phi) is 5.14. The van der Waals surface area contributed by atoms with E-state index in [0.29, 0.717) is 17.6 Å². The van der Waals surface area contributed by atoms with Gasteiger partial charge in [0.1, 0.15) is 0 Å². The Morgan fingerprint density at radius 1 is 1.52 bits per heavy atom. The monoisotopic (exact) mass is 293 g/mol. The lowest BCUT2D eigenvalue weighted by molar-refractivity contribution is -0.385. The van der Waals surface area contributed by atoms with Crippen molar-refractivity contribution >= 4 is 11.4 Å². The lowest BCUT2D eigenvalue weighted by Crippen LogP contribution is -2.38. The molecule has 0 saturated carbocycles. The van der Waals surface area contributed by atoms with Crippen molar-refractivity contribution < 1.29 is 9.66 Å². The van der Waals surface area contributed by atoms with Gasteiger partial charge in [0, 0.05) is 37.5 Å². The molecule has 0 bridgehead atoms. The summed E-state index contributed by atoms with van der Waals surface area (Å²) in [6, 6.07) is 4.29. The van der Waals surface area contributed by atoms with E-state index in [-0.39, 0.29) is 17.2 Å². The first-order valence-electron chi connectivity index (χ1n) is 7.30. The molecule has 0 saturated heterocycles. The summed E-state index contributed by atoms with van der Waals surface area (Å²) in [5, 5.41) is 18.0. The average molecular weight is 293 g/mol. The number of ether oxygens (including phenoxy) is 1. The van der Waals surface area contributed by atoms with Gasteiger partial charge >= 0.3 is 0 Å². The van der Waals surface area contributed by atoms with Crippen molar-refractivity contribution in [1.29, 1.82) is 0 Å². The molecule has 1 atom stereocenters. The predicted octanol–water partition coefficient (Wildman–Crippen LogP) is 2.47. The molecule has 116 valence electrons. The highest BCUT2D eigenvalue weighted by atomic mass is 16.6. The Morgan fingerprint density at radius 3 is 2.90 bits per heavy atom. The minimum atomic E-state index is -0.341. The van der Waals surface area contributed by atoms with Gasteiger partial charge in [0.25, 0.3) is 5.69 Å². The average Bonchev–Trinajstić information content (AvgIpc) is 2.44. The van der Waals surface area contributed by atoms with Crippen LogP contribution >= 0.6 is 0 Å². The van der Waals surface area contributed by atoms with Gasteiger partial charge in [-0.25, -0.2) is 0 Å². The molecule has 0 aliphatic carbocycles. The van der Waals surface area contributed by atoms with E-state index in [0.717, 1.165) is 30.6 Å². The maximum absolute atomic E-state index is 11.2. The van der Waals surface area contributed by atoms with Gasteiger partial charge in [-0.15, -0.1) is 0 Å². The van der Waals surface area contributed by atoms with Gasteiger partial charge < -0.3 is 15.4 Å². The minimum Gasteiger partial charge on any atom is -0.381 e. The van der Waals surface area contributed by atoms with Crippen molar-refractivity contribution in [3.05, 3.63) is 33.4 Å². The summed E-state index contributed by atoms with van der Waals surface area (Å²) in [6.45, 7) is 5.35. The number of fused-ring (bicyclic) bond motifs is 1. The zero-order valence-corrected chi connectivity index (χ0v) is 12.8. The summed E-state index contributed by atoms with van der Waals surface area (Å²) >= 11 is 0. The van der Waals surface area contributed by atoms with Crippen LogP contribution in [0.2, 0.25) is 0 Å². The Bertz CT molecular complexity index is 517. The summed E-state index contributed by atoms with van der Waals surface area (Å²) in [5.41, 5.74) is 2.78. The van der Waals surface area contributed by atoms with Gasteiger partial charge in [-0.2, -0.15) is 0 Å². The van der Waals surface area contributed by atoms with Crippen molar-refractivity contribution in [3.8, 4) is 0 Å². The fraction of sp³-hybridized carbons (Fsp3) is 0.600. The third kappa shape index (κ3) is 3.92. The van der Waals surface area contributed by atoms with E-state index in [2.05, 4.69) is 24.5 Å². The van der Waals surface area contributed by atoms with E-state index < -0.39 is 0 Å². The Labute approximate surface area is 125 Å². The number of nitro benzene ring substituents is 1. The molecular weight excluding hydrogens is 270 g/mol. The van der Waals surface area contributed by atoms with Crippen molar-refractivity contribution in [3.63, 3.8) is 0 Å². The third-order valence-corrected chi connectivity index (χ3v) is 3.70. The fourth-order valence-electron chi connectivity index (χ4n) is 2.62. The van der Waals surface area contributed by atoms with E-state index in [4.69, 9.17) is 4.74 Å². The second kappa shape index (κ2) is 6.87. The number of nitro groups is 1. The lowest BCUT2D eigenvalue weighted by Gasteiger charge is -2.28. The highest BCUT2D eigenvalue weighted by molar-refractivity contribution is 5.62. The molecule has 1 unspecified atom stereocenters. The van der Waals surface area contributed by atoms with E-state index >= 15 is 0 Å². The normalized spacial score (nSPS) is 17.4. The summed E-state index contributed by atoms with van der Waals surface area (Å²) in [5.74, 6) is 0. The first-order chi connectivity index (χ1) is 10.0. The molecule has 1 aromatic carbocycles. The highest BCUT2D eigenvalue weighted by Gasteiger charge is 2.23. The maximum Gasteiger partial charge on any atom is 0.277 e. The number of methoxy groups -OCH3 is 1. The number of aryl methyl sites for hydroxylation is 1. The fourth-order valence-corrected chi connectivity index (χ4v) is 2.62. The van der Waals surface area contributed by atoms with E-state index in [9.17, 15) is 10.1 Å². The molecule has 0 radical (unpaired) electrons. The van der Waals surface area contributed by atoms with Crippen LogP contribution in [0.25, 0.3) is 0 Å². The van der Waals surface area contributed by atoms with Crippen LogP contribution in [-0.4, -0.2) is 30.7 Å². The van der Waals surface area contributed by atoms with Gasteiger partial charge in [0.05, 0.1) is 17.1 Å². The van der Waals surface area contributed by atoms with Crippen molar-refractivity contribution in [2.24, 2.45) is 0 Å². The molecular formula is C15H23N3O3. The topological polar surface area (TPSA) is 76.4 Å². The van der Waals surface area contributed by atoms with E-state index in [1.807, 2.05) is 6.07 Å². The summed E-state index contributed by atoms with van der Waals surface area (Å²) < 4.78 is 5.06. The molecule has 0 aromatic heterocycles. The van der Waals surface area contributed by atoms with Gasteiger partial charge in [-0.05, 0) is 24.5 Å². The third-order valence-electron chi connectivity index (χ3n) is 3.70. The SMILES string of the molecule is COCc1cc2c(cc1[N+](=O)[O-])NC(CNC(C)C)CC2. The molecule has 0 amide bonds. The molecule has 0 fully saturated rings. The molecule has 1 aliphatic heterocycles. The number of hydrogen-bond donors (Lipinski definition) is 2. The molecule has 1 aromatic rings. The zero-order chi connectivity index (χ0) is 15.4. The first kappa shape index (κ1) is 15.7. The number of rotatable bonds is 6. The van der Waals surface area contributed by atoms with Crippen LogP contribution in [0.15, 0.2) is 12.1 Å². The van der Waals surface area contributed by atoms with E-state index in [1.54, 1.807) is 13.2 Å². The number of nitrogens with zero attached hydrogens (tertiary/aromatic N) is 1. The molecule has 21 heavy (non-hydrogen) atoms. The van der Waals surface area contributed by atoms with Gasteiger partial charge in [0.2, 0.25) is 0 Å². The van der Waals surface area contributed by atoms with Gasteiger partial charge in [-0.1, -0.05) is 13.8 Å². The van der Waals surface area contributed by atoms with Crippen molar-refractivity contribution in [2.75, 3.05) is 19.0 Å². The number of nitrogens with one attached hydrogen (secondary N) is 2. The summed E-state index contributed by atoms with van der Waals surface area (Å²) in [6.07, 6.45) is 1.96. The lowest BCUT2D eigenvalue weighted by atomic mass is 9.95. The molecule has 0 spiro atoms. The number of hydrogen-bond acceptors (Lipinski definition) is 5. The van der Waals surface area contributed by atoms with Gasteiger partial charge in [0.15, 0.2) is 0 Å². The number of anilines is 1. The van der Waals surface area contributed by atoms with Gasteiger partial charge in [-0.3, -0.25) is 10.1 Å². The molecule has 6 nitrogen and oxygen atoms in total. The van der Waals surface area contributed by atoms with Crippen LogP contribution < -0.4 is 10.6 Å². The molecule has 2 rings (SSSR count). The zero-order valence-electron chi connectivity index (χ0n) is 12.8. The van der Waals surface area contributed by atoms with Crippen LogP contribution in [-0.2, 0) is 17.8 Å². The predicted molar refractivity (Wildman–Crippen MR) is 82.7 cm³/mol. The Morgan fingerprint density at radius 2 is 2.29 bits per heavy atom. The molecule has 2 N–H and O–H groups in total. The summed E-state index contributed by atoms with van der Waals surface area (Å²) in [4.78, 5) is 10.8. The number of benzene rings is 1. The smallest absolute Gasteiger partial charge is 0.277 e. The quantitative estimate of drug-likeness (QED) is 0.622. The first-order valence-corrected chi connectivity index (χ1v) is 7.30. The van der Waals surface area contributed by atoms with Crippen LogP contribution in [0.3, 0.4) is 0 Å². The standard InChI is InChI=1S/C15H23N3O3/c1-10(2)16-8-13-5-4-11-6-12(9-21-3)15(18(19)20)7-14(11)17-13/h6-7,10,13,16-17H,4-5,8-9H2,1-3H3. The highest BCUT2D eigenvalue weighted by Crippen LogP contribution is 2.32. The molecule has 6 heteroatoms. The van der Waals surface area contributed by atoms with Crippen LogP contribution in [0.4, 0.5) is 11.4 Å². The second-order valence-electron chi connectivity index (χ2n) is 5.77. The van der Waals surface area contributed by atoms with Crippen LogP contribution in [0, 0.1) is 10.1 Å². The van der Waals surface area contributed by atoms with E-state index in [1.165, 1.54) is 0 Å². The molecule has 1 heterocycles. The van der Waals surface area contributed by atoms with Crippen molar-refractivity contribution in [1.82, 2.24) is 5.32 Å². The second-order valence-corrected chi connectivity index (χ2v) is 5.77. The minimum absolute atomic E-state index is 0.126. The molecule has 1 aliphatic rings. The summed E-state index contributed by atoms with van der Waals surface area (Å²) in [7, 11) is 1.55. The van der Waals surface area contributed by atoms with Crippen LogP contribution in [0.5, 0.6) is 0 Å². The maximum atomic E-state index is 11.2. The largest absolute Gasteiger partial charge is 0.381 e. The van der Waals surface area contributed by atoms with Crippen LogP contribution in [0.1, 0.15) is 31.4 Å². The Hall–Kier alpha value is -1.66.